The van der Waals surface area contributed by atoms with Crippen LogP contribution in [0.1, 0.15) is 316 Å². The molecule has 0 amide bonds. The lowest BCUT2D eigenvalue weighted by molar-refractivity contribution is -0.167. The number of rotatable bonds is 59. The van der Waals surface area contributed by atoms with E-state index in [2.05, 4.69) is 118 Å². The van der Waals surface area contributed by atoms with Crippen LogP contribution < -0.4 is 0 Å². The van der Waals surface area contributed by atoms with Crippen LogP contribution in [0.25, 0.3) is 0 Å². The van der Waals surface area contributed by atoms with E-state index in [1.807, 2.05) is 0 Å². The molecule has 6 nitrogen and oxygen atoms in total. The van der Waals surface area contributed by atoms with Gasteiger partial charge in [0.2, 0.25) is 0 Å². The second-order valence-corrected chi connectivity index (χ2v) is 21.6. The van der Waals surface area contributed by atoms with Gasteiger partial charge in [-0.2, -0.15) is 0 Å². The van der Waals surface area contributed by atoms with E-state index in [1.54, 1.807) is 0 Å². The lowest BCUT2D eigenvalue weighted by Crippen LogP contribution is -2.30. The number of esters is 3. The molecule has 0 saturated heterocycles. The molecule has 0 aromatic carbocycles. The van der Waals surface area contributed by atoms with Gasteiger partial charge in [0.25, 0.3) is 0 Å². The van der Waals surface area contributed by atoms with Gasteiger partial charge in [0, 0.05) is 19.3 Å². The Labute approximate surface area is 477 Å². The zero-order valence-electron chi connectivity index (χ0n) is 50.7. The average molecular weight is 1070 g/mol. The maximum absolute atomic E-state index is 12.9. The molecule has 6 heteroatoms. The SMILES string of the molecule is CC/C=C\C/C=C\C/C=C\C/C=C\CCCCCCCCCCCCCCCCCCC(=O)OCC(COC(=O)CCCCCCC/C=C\CCCCCCCC)OC(=O)CCCCCCC/C=C\C/C=C\C/C=C\CC. The molecule has 77 heavy (non-hydrogen) atoms. The third-order valence-electron chi connectivity index (χ3n) is 14.1. The number of unbranched alkanes of at least 4 members (excludes halogenated alkanes) is 32. The van der Waals surface area contributed by atoms with Gasteiger partial charge in [0.05, 0.1) is 0 Å². The zero-order chi connectivity index (χ0) is 55.7. The summed E-state index contributed by atoms with van der Waals surface area (Å²) in [4.78, 5) is 38.3. The molecule has 0 aromatic rings. The molecule has 0 spiro atoms. The van der Waals surface area contributed by atoms with Gasteiger partial charge < -0.3 is 14.2 Å². The number of hydrogen-bond donors (Lipinski definition) is 0. The van der Waals surface area contributed by atoms with E-state index in [4.69, 9.17) is 14.2 Å². The van der Waals surface area contributed by atoms with E-state index in [9.17, 15) is 14.4 Å². The van der Waals surface area contributed by atoms with Crippen LogP contribution in [0.3, 0.4) is 0 Å². The topological polar surface area (TPSA) is 78.9 Å². The molecule has 0 aliphatic carbocycles. The summed E-state index contributed by atoms with van der Waals surface area (Å²) < 4.78 is 16.9. The normalized spacial score (nSPS) is 12.7. The molecule has 0 fully saturated rings. The van der Waals surface area contributed by atoms with Crippen LogP contribution in [-0.4, -0.2) is 37.2 Å². The Kier molecular flexibility index (Phi) is 61.8. The van der Waals surface area contributed by atoms with Crippen molar-refractivity contribution in [2.75, 3.05) is 13.2 Å². The highest BCUT2D eigenvalue weighted by Gasteiger charge is 2.19. The molecule has 0 N–H and O–H groups in total. The summed E-state index contributed by atoms with van der Waals surface area (Å²) in [7, 11) is 0. The van der Waals surface area contributed by atoms with Gasteiger partial charge >= 0.3 is 17.9 Å². The Bertz CT molecular complexity index is 1510. The van der Waals surface area contributed by atoms with Gasteiger partial charge in [0.1, 0.15) is 13.2 Å². The molecule has 0 aromatic heterocycles. The molecule has 0 radical (unpaired) electrons. The van der Waals surface area contributed by atoms with Gasteiger partial charge in [-0.15, -0.1) is 0 Å². The summed E-state index contributed by atoms with van der Waals surface area (Å²) in [5, 5.41) is 0. The van der Waals surface area contributed by atoms with Gasteiger partial charge in [-0.05, 0) is 116 Å². The van der Waals surface area contributed by atoms with Crippen molar-refractivity contribution in [3.8, 4) is 0 Å². The molecule has 0 aliphatic rings. The third kappa shape index (κ3) is 63.0. The van der Waals surface area contributed by atoms with Crippen molar-refractivity contribution >= 4 is 17.9 Å². The molecular formula is C71H122O6. The fourth-order valence-electron chi connectivity index (χ4n) is 9.21. The molecule has 0 rings (SSSR count). The van der Waals surface area contributed by atoms with E-state index >= 15 is 0 Å². The van der Waals surface area contributed by atoms with Crippen molar-refractivity contribution in [3.63, 3.8) is 0 Å². The first-order chi connectivity index (χ1) is 38.0. The van der Waals surface area contributed by atoms with Crippen molar-refractivity contribution in [2.24, 2.45) is 0 Å². The third-order valence-corrected chi connectivity index (χ3v) is 14.1. The fourth-order valence-corrected chi connectivity index (χ4v) is 9.21. The predicted octanol–water partition coefficient (Wildman–Crippen LogP) is 22.4. The van der Waals surface area contributed by atoms with Crippen molar-refractivity contribution in [3.05, 3.63) is 97.2 Å². The van der Waals surface area contributed by atoms with E-state index in [1.165, 1.54) is 148 Å². The molecule has 0 bridgehead atoms. The molecule has 1 unspecified atom stereocenters. The summed E-state index contributed by atoms with van der Waals surface area (Å²) >= 11 is 0. The standard InChI is InChI=1S/C71H122O6/c1-4-7-10-13-16-19-22-25-28-29-30-31-32-33-34-35-36-37-38-39-40-41-44-46-49-52-55-58-61-64-70(73)76-67-68(77-71(74)65-62-59-56-53-50-47-43-27-24-21-18-15-12-9-6-3)66-75-69(72)63-60-57-54-51-48-45-42-26-23-20-17-14-11-8-5-2/h7,9-10,12,16,18-19,21,25-28,30-31,42-43,68H,4-6,8,11,13-15,17,20,22-24,29,32-41,44-67H2,1-3H3/b10-7-,12-9-,19-16-,21-18-,28-25-,31-30-,42-26-,43-27-. The molecule has 442 valence electrons. The first-order valence-electron chi connectivity index (χ1n) is 32.7. The first kappa shape index (κ1) is 73.3. The maximum Gasteiger partial charge on any atom is 0.306 e. The number of hydrogen-bond acceptors (Lipinski definition) is 6. The first-order valence-corrected chi connectivity index (χ1v) is 32.7. The molecule has 0 aliphatic heterocycles. The predicted molar refractivity (Wildman–Crippen MR) is 334 cm³/mol. The number of carbonyl (C=O) groups is 3. The summed E-state index contributed by atoms with van der Waals surface area (Å²) in [6, 6.07) is 0. The summed E-state index contributed by atoms with van der Waals surface area (Å²) in [6.07, 6.45) is 87.1. The summed E-state index contributed by atoms with van der Waals surface area (Å²) in [5.74, 6) is -0.900. The fraction of sp³-hybridized carbons (Fsp3) is 0.732. The van der Waals surface area contributed by atoms with Crippen LogP contribution in [0.4, 0.5) is 0 Å². The van der Waals surface area contributed by atoms with Crippen LogP contribution in [0.5, 0.6) is 0 Å². The Morgan fingerprint density at radius 3 is 0.805 bits per heavy atom. The highest BCUT2D eigenvalue weighted by Crippen LogP contribution is 2.17. The van der Waals surface area contributed by atoms with Gasteiger partial charge in [-0.3, -0.25) is 14.4 Å². The monoisotopic (exact) mass is 1070 g/mol. The summed E-state index contributed by atoms with van der Waals surface area (Å²) in [6.45, 7) is 6.42. The smallest absolute Gasteiger partial charge is 0.306 e. The van der Waals surface area contributed by atoms with Crippen LogP contribution in [-0.2, 0) is 28.6 Å². The van der Waals surface area contributed by atoms with Crippen LogP contribution in [0.2, 0.25) is 0 Å². The molecular weight excluding hydrogens is 949 g/mol. The van der Waals surface area contributed by atoms with Crippen molar-refractivity contribution < 1.29 is 28.6 Å². The second kappa shape index (κ2) is 64.9. The van der Waals surface area contributed by atoms with Crippen molar-refractivity contribution in [1.82, 2.24) is 0 Å². The minimum absolute atomic E-state index is 0.0851. The number of ether oxygens (including phenoxy) is 3. The highest BCUT2D eigenvalue weighted by atomic mass is 16.6. The van der Waals surface area contributed by atoms with E-state index < -0.39 is 6.10 Å². The molecule has 1 atom stereocenters. The van der Waals surface area contributed by atoms with Crippen molar-refractivity contribution in [1.29, 1.82) is 0 Å². The quantitative estimate of drug-likeness (QED) is 0.0261. The lowest BCUT2D eigenvalue weighted by Gasteiger charge is -2.18. The van der Waals surface area contributed by atoms with Crippen molar-refractivity contribution in [2.45, 2.75) is 322 Å². The van der Waals surface area contributed by atoms with Gasteiger partial charge in [0.15, 0.2) is 6.10 Å². The maximum atomic E-state index is 12.9. The minimum Gasteiger partial charge on any atom is -0.462 e. The van der Waals surface area contributed by atoms with Gasteiger partial charge in [-0.1, -0.05) is 279 Å². The van der Waals surface area contributed by atoms with Gasteiger partial charge in [-0.25, -0.2) is 0 Å². The number of allylic oxidation sites excluding steroid dienone is 16. The molecule has 0 saturated carbocycles. The van der Waals surface area contributed by atoms with Crippen LogP contribution >= 0.6 is 0 Å². The Balaban J connectivity index is 4.25. The number of carbonyl (C=O) groups excluding carboxylic acids is 3. The average Bonchev–Trinajstić information content (AvgIpc) is 3.43. The minimum atomic E-state index is -0.790. The lowest BCUT2D eigenvalue weighted by atomic mass is 10.0. The summed E-state index contributed by atoms with van der Waals surface area (Å²) in [5.41, 5.74) is 0. The second-order valence-electron chi connectivity index (χ2n) is 21.6. The van der Waals surface area contributed by atoms with E-state index in [-0.39, 0.29) is 31.1 Å². The van der Waals surface area contributed by atoms with Crippen LogP contribution in [0, 0.1) is 0 Å². The van der Waals surface area contributed by atoms with Crippen LogP contribution in [0.15, 0.2) is 97.2 Å². The zero-order valence-corrected chi connectivity index (χ0v) is 50.7. The molecule has 0 heterocycles. The Hall–Kier alpha value is -3.67. The largest absolute Gasteiger partial charge is 0.462 e. The van der Waals surface area contributed by atoms with E-state index in [0.29, 0.717) is 19.3 Å². The van der Waals surface area contributed by atoms with E-state index in [0.717, 1.165) is 128 Å². The Morgan fingerprint density at radius 1 is 0.273 bits per heavy atom. The highest BCUT2D eigenvalue weighted by molar-refractivity contribution is 5.71. The Morgan fingerprint density at radius 2 is 0.506 bits per heavy atom.